The molecule has 0 aliphatic carbocycles. The van der Waals surface area contributed by atoms with E-state index in [9.17, 15) is 14.4 Å². The molecule has 124 valence electrons. The number of ether oxygens (including phenoxy) is 1. The van der Waals surface area contributed by atoms with Crippen LogP contribution < -0.4 is 5.56 Å². The quantitative estimate of drug-likeness (QED) is 0.826. The predicted molar refractivity (Wildman–Crippen MR) is 81.1 cm³/mol. The number of amides is 2. The van der Waals surface area contributed by atoms with Crippen LogP contribution in [0.4, 0.5) is 4.79 Å². The summed E-state index contributed by atoms with van der Waals surface area (Å²) in [5.41, 5.74) is 0.0843. The van der Waals surface area contributed by atoms with Gasteiger partial charge in [-0.15, -0.1) is 0 Å². The maximum atomic E-state index is 12.5. The number of rotatable bonds is 2. The van der Waals surface area contributed by atoms with Gasteiger partial charge in [-0.1, -0.05) is 0 Å². The summed E-state index contributed by atoms with van der Waals surface area (Å²) in [6.07, 6.45) is 0.277. The van der Waals surface area contributed by atoms with Gasteiger partial charge in [-0.25, -0.2) is 9.78 Å². The summed E-state index contributed by atoms with van der Waals surface area (Å²) >= 11 is 0. The molecule has 1 aromatic rings. The molecule has 8 nitrogen and oxygen atoms in total. The number of nitrogens with one attached hydrogen (secondary N) is 1. The molecule has 1 atom stereocenters. The first kappa shape index (κ1) is 15.5. The molecule has 0 unspecified atom stereocenters. The first-order valence-electron chi connectivity index (χ1n) is 7.58. The van der Waals surface area contributed by atoms with E-state index in [0.717, 1.165) is 0 Å². The van der Waals surface area contributed by atoms with E-state index in [1.807, 2.05) is 0 Å². The monoisotopic (exact) mass is 320 g/mol. The van der Waals surface area contributed by atoms with Gasteiger partial charge in [0.2, 0.25) is 5.91 Å². The van der Waals surface area contributed by atoms with E-state index < -0.39 is 5.60 Å². The van der Waals surface area contributed by atoms with Crippen molar-refractivity contribution in [1.29, 1.82) is 0 Å². The predicted octanol–water partition coefficient (Wildman–Crippen LogP) is -0.0177. The fourth-order valence-electron chi connectivity index (χ4n) is 3.28. The molecule has 0 radical (unpaired) electrons. The van der Waals surface area contributed by atoms with E-state index in [1.54, 1.807) is 25.8 Å². The highest BCUT2D eigenvalue weighted by molar-refractivity contribution is 5.79. The Labute approximate surface area is 133 Å². The third-order valence-corrected chi connectivity index (χ3v) is 4.48. The Kier molecular flexibility index (Phi) is 3.62. The number of carbonyl (C=O) groups excluding carboxylic acids is 2. The van der Waals surface area contributed by atoms with Gasteiger partial charge in [-0.3, -0.25) is 9.59 Å². The van der Waals surface area contributed by atoms with Gasteiger partial charge in [-0.05, 0) is 13.8 Å². The molecule has 8 heteroatoms. The van der Waals surface area contributed by atoms with Crippen molar-refractivity contribution in [2.75, 3.05) is 26.7 Å². The first-order chi connectivity index (χ1) is 10.8. The van der Waals surface area contributed by atoms with Crippen molar-refractivity contribution in [3.05, 3.63) is 27.4 Å². The zero-order chi connectivity index (χ0) is 16.8. The second-order valence-corrected chi connectivity index (χ2v) is 6.36. The Morgan fingerprint density at radius 1 is 1.35 bits per heavy atom. The minimum Gasteiger partial charge on any atom is -0.439 e. The highest BCUT2D eigenvalue weighted by atomic mass is 16.6. The van der Waals surface area contributed by atoms with Gasteiger partial charge in [0.15, 0.2) is 5.60 Å². The minimum absolute atomic E-state index is 0.00825. The molecule has 0 bridgehead atoms. The maximum absolute atomic E-state index is 12.5. The van der Waals surface area contributed by atoms with E-state index in [-0.39, 0.29) is 24.0 Å². The fraction of sp³-hybridized carbons (Fsp3) is 0.600. The average Bonchev–Trinajstić information content (AvgIpc) is 2.98. The summed E-state index contributed by atoms with van der Waals surface area (Å²) in [5.74, 6) is 0.386. The van der Waals surface area contributed by atoms with Crippen LogP contribution in [0.15, 0.2) is 4.79 Å². The number of aromatic amines is 1. The molecule has 2 aliphatic rings. The topological polar surface area (TPSA) is 95.6 Å². The van der Waals surface area contributed by atoms with Crippen LogP contribution in [-0.4, -0.2) is 64.1 Å². The number of aromatic nitrogens is 2. The SMILES string of the molecule is Cc1nc(C)c(CC(=O)N2CC[C@]3(CN(C)C(=O)O3)C2)c(=O)[nH]1. The summed E-state index contributed by atoms with van der Waals surface area (Å²) in [7, 11) is 1.68. The summed E-state index contributed by atoms with van der Waals surface area (Å²) in [6, 6.07) is 0. The van der Waals surface area contributed by atoms with Gasteiger partial charge < -0.3 is 19.5 Å². The molecular formula is C15H20N4O4. The molecule has 2 fully saturated rings. The molecule has 2 amide bonds. The third-order valence-electron chi connectivity index (χ3n) is 4.48. The molecule has 23 heavy (non-hydrogen) atoms. The second-order valence-electron chi connectivity index (χ2n) is 6.36. The van der Waals surface area contributed by atoms with Crippen LogP contribution in [0.5, 0.6) is 0 Å². The largest absolute Gasteiger partial charge is 0.439 e. The lowest BCUT2D eigenvalue weighted by Crippen LogP contribution is -2.40. The van der Waals surface area contributed by atoms with Gasteiger partial charge in [0.25, 0.3) is 5.56 Å². The smallest absolute Gasteiger partial charge is 0.410 e. The molecule has 1 spiro atoms. The van der Waals surface area contributed by atoms with Gasteiger partial charge in [-0.2, -0.15) is 0 Å². The number of nitrogens with zero attached hydrogens (tertiary/aromatic N) is 3. The molecule has 3 rings (SSSR count). The lowest BCUT2D eigenvalue weighted by Gasteiger charge is -2.21. The van der Waals surface area contributed by atoms with E-state index in [4.69, 9.17) is 4.74 Å². The second kappa shape index (κ2) is 5.36. The number of carbonyl (C=O) groups is 2. The molecule has 2 aliphatic heterocycles. The summed E-state index contributed by atoms with van der Waals surface area (Å²) < 4.78 is 5.43. The van der Waals surface area contributed by atoms with Crippen molar-refractivity contribution < 1.29 is 14.3 Å². The van der Waals surface area contributed by atoms with E-state index in [2.05, 4.69) is 9.97 Å². The molecular weight excluding hydrogens is 300 g/mol. The summed E-state index contributed by atoms with van der Waals surface area (Å²) in [5, 5.41) is 0. The van der Waals surface area contributed by atoms with Crippen LogP contribution in [0, 0.1) is 13.8 Å². The van der Waals surface area contributed by atoms with Crippen molar-refractivity contribution in [3.63, 3.8) is 0 Å². The van der Waals surface area contributed by atoms with Crippen molar-refractivity contribution in [2.24, 2.45) is 0 Å². The molecule has 0 aromatic carbocycles. The molecule has 2 saturated heterocycles. The van der Waals surface area contributed by atoms with Crippen LogP contribution in [0.3, 0.4) is 0 Å². The van der Waals surface area contributed by atoms with Crippen LogP contribution in [0.2, 0.25) is 0 Å². The Morgan fingerprint density at radius 3 is 2.70 bits per heavy atom. The highest BCUT2D eigenvalue weighted by Crippen LogP contribution is 2.31. The van der Waals surface area contributed by atoms with Crippen molar-refractivity contribution in [1.82, 2.24) is 19.8 Å². The molecule has 3 heterocycles. The van der Waals surface area contributed by atoms with E-state index in [0.29, 0.717) is 43.1 Å². The normalized spacial score (nSPS) is 23.7. The third kappa shape index (κ3) is 2.80. The van der Waals surface area contributed by atoms with Crippen LogP contribution in [0.25, 0.3) is 0 Å². The number of H-pyrrole nitrogens is 1. The molecule has 0 saturated carbocycles. The van der Waals surface area contributed by atoms with Gasteiger partial charge in [0.1, 0.15) is 5.82 Å². The number of aryl methyl sites for hydroxylation is 2. The average molecular weight is 320 g/mol. The van der Waals surface area contributed by atoms with E-state index in [1.165, 1.54) is 4.90 Å². The zero-order valence-corrected chi connectivity index (χ0v) is 13.5. The van der Waals surface area contributed by atoms with Crippen molar-refractivity contribution in [3.8, 4) is 0 Å². The molecule has 1 N–H and O–H groups in total. The standard InChI is InChI=1S/C15H20N4O4/c1-9-11(13(21)17-10(2)16-9)6-12(20)19-5-4-15(8-19)7-18(3)14(22)23-15/h4-8H2,1-3H3,(H,16,17,21)/t15-/m0/s1. The van der Waals surface area contributed by atoms with Crippen molar-refractivity contribution >= 4 is 12.0 Å². The van der Waals surface area contributed by atoms with Crippen LogP contribution in [-0.2, 0) is 16.0 Å². The Hall–Kier alpha value is -2.38. The fourth-order valence-corrected chi connectivity index (χ4v) is 3.28. The van der Waals surface area contributed by atoms with Gasteiger partial charge >= 0.3 is 6.09 Å². The number of hydrogen-bond donors (Lipinski definition) is 1. The summed E-state index contributed by atoms with van der Waals surface area (Å²) in [4.78, 5) is 46.1. The first-order valence-corrected chi connectivity index (χ1v) is 7.58. The summed E-state index contributed by atoms with van der Waals surface area (Å²) in [6.45, 7) is 4.81. The highest BCUT2D eigenvalue weighted by Gasteiger charge is 2.49. The van der Waals surface area contributed by atoms with Gasteiger partial charge in [0.05, 0.1) is 19.5 Å². The lowest BCUT2D eigenvalue weighted by atomic mass is 10.0. The van der Waals surface area contributed by atoms with Crippen LogP contribution in [0.1, 0.15) is 23.5 Å². The van der Waals surface area contributed by atoms with Crippen LogP contribution >= 0.6 is 0 Å². The molecule has 1 aromatic heterocycles. The lowest BCUT2D eigenvalue weighted by molar-refractivity contribution is -0.130. The van der Waals surface area contributed by atoms with E-state index >= 15 is 0 Å². The van der Waals surface area contributed by atoms with Crippen molar-refractivity contribution in [2.45, 2.75) is 32.3 Å². The Balaban J connectivity index is 1.71. The Bertz CT molecular complexity index is 729. The van der Waals surface area contributed by atoms with Gasteiger partial charge in [0, 0.05) is 31.3 Å². The minimum atomic E-state index is -0.603. The number of likely N-dealkylation sites (tertiary alicyclic amines) is 1. The Morgan fingerprint density at radius 2 is 2.09 bits per heavy atom. The zero-order valence-electron chi connectivity index (χ0n) is 13.5. The number of hydrogen-bond acceptors (Lipinski definition) is 5. The maximum Gasteiger partial charge on any atom is 0.410 e. The number of likely N-dealkylation sites (N-methyl/N-ethyl adjacent to an activating group) is 1.